The van der Waals surface area contributed by atoms with Crippen molar-refractivity contribution in [1.82, 2.24) is 10.2 Å². The smallest absolute Gasteiger partial charge is 0.261 e. The van der Waals surface area contributed by atoms with Crippen LogP contribution < -0.4 is 5.32 Å². The van der Waals surface area contributed by atoms with Crippen LogP contribution in [0.1, 0.15) is 33.6 Å². The lowest BCUT2D eigenvalue weighted by atomic mass is 10.0. The first-order valence-corrected chi connectivity index (χ1v) is 10.00. The van der Waals surface area contributed by atoms with E-state index < -0.39 is 0 Å². The molecule has 8 heteroatoms. The first kappa shape index (κ1) is 18.0. The Morgan fingerprint density at radius 1 is 1.30 bits per heavy atom. The van der Waals surface area contributed by atoms with Crippen molar-refractivity contribution >= 4 is 40.4 Å². The lowest BCUT2D eigenvalue weighted by Gasteiger charge is -2.33. The average molecular weight is 403 g/mol. The topological polar surface area (TPSA) is 77.8 Å². The molecular weight excluding hydrogens is 384 g/mol. The first-order valence-electron chi connectivity index (χ1n) is 8.80. The van der Waals surface area contributed by atoms with Crippen molar-refractivity contribution in [3.63, 3.8) is 0 Å². The summed E-state index contributed by atoms with van der Waals surface area (Å²) < 4.78 is 0.591. The van der Waals surface area contributed by atoms with Crippen LogP contribution in [0.15, 0.2) is 41.6 Å². The molecule has 4 rings (SSSR count). The Bertz CT molecular complexity index is 889. The number of oxime groups is 1. The second kappa shape index (κ2) is 7.70. The first-order chi connectivity index (χ1) is 13.1. The average Bonchev–Trinajstić information content (AvgIpc) is 3.27. The molecule has 2 aliphatic heterocycles. The molecule has 0 radical (unpaired) electrons. The largest absolute Gasteiger partial charge is 0.390 e. The van der Waals surface area contributed by atoms with Crippen LogP contribution in [0.4, 0.5) is 0 Å². The van der Waals surface area contributed by atoms with Crippen LogP contribution in [0, 0.1) is 5.41 Å². The van der Waals surface area contributed by atoms with Gasteiger partial charge in [0.15, 0.2) is 0 Å². The van der Waals surface area contributed by atoms with E-state index in [0.29, 0.717) is 28.0 Å². The zero-order valence-electron chi connectivity index (χ0n) is 14.6. The number of nitrogens with one attached hydrogen (secondary N) is 2. The predicted molar refractivity (Wildman–Crippen MR) is 107 cm³/mol. The number of hydrogen-bond donors (Lipinski definition) is 2. The lowest BCUT2D eigenvalue weighted by molar-refractivity contribution is 0.0755. The summed E-state index contributed by atoms with van der Waals surface area (Å²) in [5.41, 5.74) is 2.75. The van der Waals surface area contributed by atoms with Crippen molar-refractivity contribution in [2.45, 2.75) is 18.9 Å². The summed E-state index contributed by atoms with van der Waals surface area (Å²) in [5, 5.41) is 15.2. The van der Waals surface area contributed by atoms with Gasteiger partial charge in [-0.15, -0.1) is 11.3 Å². The fraction of sp³-hybridized carbons (Fsp3) is 0.316. The fourth-order valence-electron chi connectivity index (χ4n) is 2.98. The molecule has 0 bridgehead atoms. The summed E-state index contributed by atoms with van der Waals surface area (Å²) >= 11 is 7.11. The van der Waals surface area contributed by atoms with E-state index in [1.54, 1.807) is 12.1 Å². The minimum Gasteiger partial charge on any atom is -0.390 e. The Labute approximate surface area is 166 Å². The molecule has 1 aromatic heterocycles. The highest BCUT2D eigenvalue weighted by molar-refractivity contribution is 7.17. The van der Waals surface area contributed by atoms with E-state index in [1.165, 1.54) is 11.3 Å². The maximum atomic E-state index is 12.1. The Balaban J connectivity index is 1.30. The number of hydrogen-bond acceptors (Lipinski definition) is 5. The highest BCUT2D eigenvalue weighted by atomic mass is 35.5. The van der Waals surface area contributed by atoms with Crippen molar-refractivity contribution in [2.24, 2.45) is 5.16 Å². The van der Waals surface area contributed by atoms with Crippen molar-refractivity contribution < 1.29 is 9.63 Å². The number of likely N-dealkylation sites (tertiary alicyclic amines) is 1. The summed E-state index contributed by atoms with van der Waals surface area (Å²) in [4.78, 5) is 20.2. The molecule has 3 heterocycles. The third-order valence-electron chi connectivity index (χ3n) is 4.68. The molecule has 1 unspecified atom stereocenters. The summed E-state index contributed by atoms with van der Waals surface area (Å²) in [6.07, 6.45) is 1.61. The zero-order chi connectivity index (χ0) is 18.8. The van der Waals surface area contributed by atoms with E-state index in [2.05, 4.69) is 15.4 Å². The van der Waals surface area contributed by atoms with Gasteiger partial charge in [0.05, 0.1) is 21.5 Å². The standard InChI is InChI=1S/C19H19ClN4O2S/c20-17-7-6-16(27-17)19(25)22-11-14-10-15(23-26-14)12-2-4-13(5-3-12)18(21)24-8-1-9-24/h2-7,14,21H,1,8-11H2,(H,22,25). The number of carbonyl (C=O) groups excluding carboxylic acids is 1. The van der Waals surface area contributed by atoms with Crippen LogP contribution in [-0.4, -0.2) is 48.1 Å². The van der Waals surface area contributed by atoms with Gasteiger partial charge in [0.2, 0.25) is 0 Å². The Morgan fingerprint density at radius 2 is 2.07 bits per heavy atom. The van der Waals surface area contributed by atoms with Gasteiger partial charge in [-0.1, -0.05) is 41.0 Å². The van der Waals surface area contributed by atoms with E-state index in [1.807, 2.05) is 24.3 Å². The predicted octanol–water partition coefficient (Wildman–Crippen LogP) is 3.36. The number of benzene rings is 1. The third kappa shape index (κ3) is 3.99. The van der Waals surface area contributed by atoms with Crippen molar-refractivity contribution in [2.75, 3.05) is 19.6 Å². The van der Waals surface area contributed by atoms with Crippen LogP contribution in [0.5, 0.6) is 0 Å². The molecule has 0 spiro atoms. The number of amides is 1. The molecule has 2 aliphatic rings. The van der Waals surface area contributed by atoms with Gasteiger partial charge in [0, 0.05) is 25.1 Å². The van der Waals surface area contributed by atoms with Crippen LogP contribution in [-0.2, 0) is 4.84 Å². The molecule has 2 N–H and O–H groups in total. The highest BCUT2D eigenvalue weighted by Gasteiger charge is 2.24. The maximum absolute atomic E-state index is 12.1. The molecule has 1 saturated heterocycles. The van der Waals surface area contributed by atoms with Gasteiger partial charge in [-0.3, -0.25) is 10.2 Å². The Hall–Kier alpha value is -2.38. The van der Waals surface area contributed by atoms with Gasteiger partial charge < -0.3 is 15.1 Å². The Kier molecular flexibility index (Phi) is 5.13. The summed E-state index contributed by atoms with van der Waals surface area (Å²) in [5.74, 6) is 0.421. The van der Waals surface area contributed by atoms with Crippen LogP contribution in [0.2, 0.25) is 4.34 Å². The Morgan fingerprint density at radius 3 is 2.70 bits per heavy atom. The van der Waals surface area contributed by atoms with Gasteiger partial charge in [0.1, 0.15) is 11.9 Å². The molecule has 27 heavy (non-hydrogen) atoms. The number of nitrogens with zero attached hydrogens (tertiary/aromatic N) is 2. The van der Waals surface area contributed by atoms with Crippen LogP contribution in [0.25, 0.3) is 0 Å². The van der Waals surface area contributed by atoms with Crippen molar-refractivity contribution in [1.29, 1.82) is 5.41 Å². The van der Waals surface area contributed by atoms with E-state index in [4.69, 9.17) is 21.8 Å². The van der Waals surface area contributed by atoms with Gasteiger partial charge in [-0.05, 0) is 24.1 Å². The molecule has 0 saturated carbocycles. The molecule has 6 nitrogen and oxygen atoms in total. The van der Waals surface area contributed by atoms with E-state index >= 15 is 0 Å². The number of amidine groups is 1. The van der Waals surface area contributed by atoms with Crippen molar-refractivity contribution in [3.05, 3.63) is 56.7 Å². The zero-order valence-corrected chi connectivity index (χ0v) is 16.1. The lowest BCUT2D eigenvalue weighted by Crippen LogP contribution is -2.42. The van der Waals surface area contributed by atoms with E-state index in [-0.39, 0.29) is 12.0 Å². The normalized spacial score (nSPS) is 18.5. The molecule has 0 aliphatic carbocycles. The molecular formula is C19H19ClN4O2S. The summed E-state index contributed by atoms with van der Waals surface area (Å²) in [6, 6.07) is 11.3. The van der Waals surface area contributed by atoms with Crippen LogP contribution in [0.3, 0.4) is 0 Å². The SMILES string of the molecule is N=C(c1ccc(C2=NOC(CNC(=O)c3ccc(Cl)s3)C2)cc1)N1CCC1. The monoisotopic (exact) mass is 402 g/mol. The number of carbonyl (C=O) groups is 1. The van der Waals surface area contributed by atoms with Gasteiger partial charge in [0.25, 0.3) is 5.91 Å². The minimum absolute atomic E-state index is 0.155. The van der Waals surface area contributed by atoms with Gasteiger partial charge in [-0.2, -0.15) is 0 Å². The maximum Gasteiger partial charge on any atom is 0.261 e. The van der Waals surface area contributed by atoms with Gasteiger partial charge in [-0.25, -0.2) is 0 Å². The summed E-state index contributed by atoms with van der Waals surface area (Å²) in [6.45, 7) is 2.32. The van der Waals surface area contributed by atoms with Crippen LogP contribution >= 0.6 is 22.9 Å². The number of halogens is 1. The minimum atomic E-state index is -0.182. The molecule has 2 aromatic rings. The molecule has 1 aromatic carbocycles. The van der Waals surface area contributed by atoms with E-state index in [0.717, 1.165) is 36.3 Å². The fourth-order valence-corrected chi connectivity index (χ4v) is 3.94. The number of thiophene rings is 1. The van der Waals surface area contributed by atoms with E-state index in [9.17, 15) is 4.79 Å². The second-order valence-electron chi connectivity index (χ2n) is 6.55. The quantitative estimate of drug-likeness (QED) is 0.594. The molecule has 140 valence electrons. The summed E-state index contributed by atoms with van der Waals surface area (Å²) in [7, 11) is 0. The van der Waals surface area contributed by atoms with Gasteiger partial charge >= 0.3 is 0 Å². The highest BCUT2D eigenvalue weighted by Crippen LogP contribution is 2.22. The van der Waals surface area contributed by atoms with Crippen molar-refractivity contribution in [3.8, 4) is 0 Å². The number of rotatable bonds is 5. The third-order valence-corrected chi connectivity index (χ3v) is 5.91. The second-order valence-corrected chi connectivity index (χ2v) is 8.26. The molecule has 1 fully saturated rings. The molecule has 1 amide bonds. The molecule has 1 atom stereocenters.